The molecule has 212 valence electrons. The van der Waals surface area contributed by atoms with Crippen LogP contribution in [0.4, 0.5) is 0 Å². The van der Waals surface area contributed by atoms with Crippen LogP contribution in [-0.2, 0) is 23.9 Å². The van der Waals surface area contributed by atoms with Crippen molar-refractivity contribution >= 4 is 36.3 Å². The molecule has 0 radical (unpaired) electrons. The third kappa shape index (κ3) is 11.7. The zero-order valence-electron chi connectivity index (χ0n) is 20.8. The van der Waals surface area contributed by atoms with Crippen molar-refractivity contribution in [3.8, 4) is 17.2 Å². The Balaban J connectivity index is 0.00000760. The molecule has 0 aliphatic rings. The van der Waals surface area contributed by atoms with Crippen molar-refractivity contribution in [2.24, 2.45) is 5.73 Å². The molecule has 0 unspecified atom stereocenters. The summed E-state index contributed by atoms with van der Waals surface area (Å²) in [7, 11) is 0. The molecule has 2 N–H and O–H groups in total. The van der Waals surface area contributed by atoms with Gasteiger partial charge in [0, 0.05) is 13.5 Å². The van der Waals surface area contributed by atoms with Crippen molar-refractivity contribution in [3.05, 3.63) is 63.7 Å². The predicted octanol–water partition coefficient (Wildman–Crippen LogP) is 2.63. The second kappa shape index (κ2) is 17.1. The SMILES string of the molecule is CC(=O)Oc1ccccc1C(=O)OCOC(=O)c1ccc(OCCCCO[N+](=O)[O-])c(OC(=O)CCN)c1.Cl. The van der Waals surface area contributed by atoms with Gasteiger partial charge in [-0.3, -0.25) is 9.59 Å². The van der Waals surface area contributed by atoms with E-state index >= 15 is 0 Å². The maximum atomic E-state index is 12.5. The molecule has 0 saturated carbocycles. The molecular formula is C24H27ClN2O12. The number of hydrogen-bond donors (Lipinski definition) is 1. The van der Waals surface area contributed by atoms with Crippen molar-refractivity contribution < 1.29 is 52.8 Å². The number of carbonyl (C=O) groups excluding carboxylic acids is 4. The van der Waals surface area contributed by atoms with E-state index in [-0.39, 0.29) is 67.0 Å². The third-order valence-corrected chi connectivity index (χ3v) is 4.49. The number of para-hydroxylation sites is 1. The van der Waals surface area contributed by atoms with Gasteiger partial charge in [0.05, 0.1) is 25.2 Å². The molecule has 0 amide bonds. The van der Waals surface area contributed by atoms with Gasteiger partial charge in [-0.1, -0.05) is 12.1 Å². The number of rotatable bonds is 15. The molecule has 2 rings (SSSR count). The molecule has 2 aromatic carbocycles. The number of hydrogen-bond acceptors (Lipinski definition) is 13. The van der Waals surface area contributed by atoms with E-state index in [0.29, 0.717) is 12.8 Å². The van der Waals surface area contributed by atoms with Crippen LogP contribution in [0.3, 0.4) is 0 Å². The van der Waals surface area contributed by atoms with Gasteiger partial charge >= 0.3 is 23.9 Å². The van der Waals surface area contributed by atoms with Gasteiger partial charge < -0.3 is 34.3 Å². The molecule has 0 fully saturated rings. The zero-order valence-corrected chi connectivity index (χ0v) is 21.6. The Bertz CT molecular complexity index is 1160. The second-order valence-electron chi connectivity index (χ2n) is 7.36. The minimum Gasteiger partial charge on any atom is -0.490 e. The first-order chi connectivity index (χ1) is 18.2. The Labute approximate surface area is 228 Å². The molecule has 15 heteroatoms. The van der Waals surface area contributed by atoms with E-state index < -0.39 is 35.8 Å². The first-order valence-electron chi connectivity index (χ1n) is 11.3. The van der Waals surface area contributed by atoms with Gasteiger partial charge in [0.15, 0.2) is 11.5 Å². The van der Waals surface area contributed by atoms with Crippen molar-refractivity contribution in [2.45, 2.75) is 26.2 Å². The molecule has 0 aromatic heterocycles. The van der Waals surface area contributed by atoms with E-state index in [4.69, 9.17) is 29.4 Å². The van der Waals surface area contributed by atoms with Crippen LogP contribution >= 0.6 is 12.4 Å². The number of nitrogens with zero attached hydrogens (tertiary/aromatic N) is 1. The zero-order chi connectivity index (χ0) is 27.9. The van der Waals surface area contributed by atoms with E-state index in [1.54, 1.807) is 6.07 Å². The summed E-state index contributed by atoms with van der Waals surface area (Å²) < 4.78 is 25.7. The van der Waals surface area contributed by atoms with Gasteiger partial charge in [0.25, 0.3) is 5.09 Å². The van der Waals surface area contributed by atoms with Crippen LogP contribution in [0.15, 0.2) is 42.5 Å². The van der Waals surface area contributed by atoms with Crippen molar-refractivity contribution in [2.75, 3.05) is 26.6 Å². The average Bonchev–Trinajstić information content (AvgIpc) is 2.86. The standard InChI is InChI=1S/C24H26N2O12.ClH/c1-16(27)37-19-7-3-2-6-18(19)24(30)35-15-34-23(29)17-8-9-20(21(14-17)38-22(28)10-11-25)33-12-4-5-13-36-26(31)32;/h2-3,6-9,14H,4-5,10-13,15,25H2,1H3;1H. The summed E-state index contributed by atoms with van der Waals surface area (Å²) in [6.07, 6.45) is 0.661. The van der Waals surface area contributed by atoms with Gasteiger partial charge in [0.2, 0.25) is 6.79 Å². The van der Waals surface area contributed by atoms with Crippen LogP contribution in [0.2, 0.25) is 0 Å². The molecule has 2 aromatic rings. The first-order valence-corrected chi connectivity index (χ1v) is 11.3. The predicted molar refractivity (Wildman–Crippen MR) is 134 cm³/mol. The summed E-state index contributed by atoms with van der Waals surface area (Å²) in [5, 5.41) is 9.28. The Morgan fingerprint density at radius 1 is 0.897 bits per heavy atom. The van der Waals surface area contributed by atoms with E-state index in [9.17, 15) is 29.3 Å². The summed E-state index contributed by atoms with van der Waals surface area (Å²) in [6.45, 7) is 0.491. The van der Waals surface area contributed by atoms with E-state index in [2.05, 4.69) is 4.84 Å². The quantitative estimate of drug-likeness (QED) is 0.0820. The van der Waals surface area contributed by atoms with Gasteiger partial charge in [0.1, 0.15) is 11.3 Å². The van der Waals surface area contributed by atoms with Gasteiger partial charge in [-0.15, -0.1) is 22.5 Å². The lowest BCUT2D eigenvalue weighted by Gasteiger charge is -2.13. The number of unbranched alkanes of at least 4 members (excludes halogenated alkanes) is 1. The van der Waals surface area contributed by atoms with Crippen molar-refractivity contribution in [1.82, 2.24) is 0 Å². The Morgan fingerprint density at radius 2 is 1.59 bits per heavy atom. The van der Waals surface area contributed by atoms with Crippen LogP contribution < -0.4 is 19.9 Å². The fourth-order valence-corrected chi connectivity index (χ4v) is 2.83. The van der Waals surface area contributed by atoms with Gasteiger partial charge in [-0.25, -0.2) is 9.59 Å². The van der Waals surface area contributed by atoms with Crippen LogP contribution in [0.1, 0.15) is 46.9 Å². The largest absolute Gasteiger partial charge is 0.490 e. The van der Waals surface area contributed by atoms with Gasteiger partial charge in [-0.05, 0) is 43.2 Å². The number of nitrogens with two attached hydrogens (primary N) is 1. The average molecular weight is 571 g/mol. The van der Waals surface area contributed by atoms with Crippen molar-refractivity contribution in [3.63, 3.8) is 0 Å². The highest BCUT2D eigenvalue weighted by Gasteiger charge is 2.18. The highest BCUT2D eigenvalue weighted by Crippen LogP contribution is 2.29. The summed E-state index contributed by atoms with van der Waals surface area (Å²) in [6, 6.07) is 9.79. The van der Waals surface area contributed by atoms with E-state index in [1.165, 1.54) is 43.3 Å². The Kier molecular flexibility index (Phi) is 14.3. The molecule has 0 heterocycles. The highest BCUT2D eigenvalue weighted by molar-refractivity contribution is 5.94. The first kappa shape index (κ1) is 32.6. The molecule has 0 aliphatic heterocycles. The van der Waals surface area contributed by atoms with Crippen LogP contribution in [0, 0.1) is 10.1 Å². The monoisotopic (exact) mass is 570 g/mol. The number of ether oxygens (including phenoxy) is 5. The topological polar surface area (TPSA) is 193 Å². The number of benzene rings is 2. The minimum absolute atomic E-state index is 0. The lowest BCUT2D eigenvalue weighted by molar-refractivity contribution is -0.757. The molecule has 0 aliphatic carbocycles. The summed E-state index contributed by atoms with van der Waals surface area (Å²) in [4.78, 5) is 62.4. The van der Waals surface area contributed by atoms with Gasteiger partial charge in [-0.2, -0.15) is 0 Å². The van der Waals surface area contributed by atoms with Crippen LogP contribution in [0.5, 0.6) is 17.2 Å². The summed E-state index contributed by atoms with van der Waals surface area (Å²) in [5.74, 6) is -3.04. The lowest BCUT2D eigenvalue weighted by atomic mass is 10.2. The molecule has 14 nitrogen and oxygen atoms in total. The van der Waals surface area contributed by atoms with E-state index in [1.807, 2.05) is 0 Å². The fourth-order valence-electron chi connectivity index (χ4n) is 2.83. The molecule has 0 saturated heterocycles. The fraction of sp³-hybridized carbons (Fsp3) is 0.333. The molecule has 0 spiro atoms. The van der Waals surface area contributed by atoms with Crippen LogP contribution in [-0.4, -0.2) is 55.5 Å². The number of halogens is 1. The van der Waals surface area contributed by atoms with Crippen LogP contribution in [0.25, 0.3) is 0 Å². The number of carbonyl (C=O) groups is 4. The number of esters is 4. The second-order valence-corrected chi connectivity index (χ2v) is 7.36. The maximum Gasteiger partial charge on any atom is 0.344 e. The molecule has 39 heavy (non-hydrogen) atoms. The molecule has 0 atom stereocenters. The Morgan fingerprint density at radius 3 is 2.28 bits per heavy atom. The summed E-state index contributed by atoms with van der Waals surface area (Å²) >= 11 is 0. The summed E-state index contributed by atoms with van der Waals surface area (Å²) in [5.41, 5.74) is 5.29. The third-order valence-electron chi connectivity index (χ3n) is 4.49. The lowest BCUT2D eigenvalue weighted by Crippen LogP contribution is -2.16. The smallest absolute Gasteiger partial charge is 0.344 e. The molecule has 0 bridgehead atoms. The normalized spacial score (nSPS) is 9.90. The van der Waals surface area contributed by atoms with Crippen molar-refractivity contribution in [1.29, 1.82) is 0 Å². The Hall–Kier alpha value is -4.43. The minimum atomic E-state index is -0.898. The van der Waals surface area contributed by atoms with E-state index in [0.717, 1.165) is 0 Å². The molecular weight excluding hydrogens is 544 g/mol. The maximum absolute atomic E-state index is 12.5. The highest BCUT2D eigenvalue weighted by atomic mass is 35.5.